The molecule has 0 radical (unpaired) electrons. The predicted molar refractivity (Wildman–Crippen MR) is 216 cm³/mol. The Balaban J connectivity index is 2.50. The summed E-state index contributed by atoms with van der Waals surface area (Å²) in [5.74, 6) is -0.419. The lowest BCUT2D eigenvalue weighted by Crippen LogP contribution is -2.60. The van der Waals surface area contributed by atoms with E-state index in [4.69, 9.17) is 23.5 Å². The Morgan fingerprint density at radius 3 is 1.85 bits per heavy atom. The van der Waals surface area contributed by atoms with Crippen LogP contribution < -0.4 is 0 Å². The van der Waals surface area contributed by atoms with Crippen LogP contribution in [0, 0.1) is 0 Å². The number of carbonyl (C=O) groups excluding carboxylic acids is 1. The van der Waals surface area contributed by atoms with Crippen LogP contribution in [0.2, 0.25) is 0 Å². The largest absolute Gasteiger partial charge is 0.457 e. The van der Waals surface area contributed by atoms with Gasteiger partial charge in [0, 0.05) is 13.0 Å². The smallest absolute Gasteiger partial charge is 0.397 e. The quantitative estimate of drug-likeness (QED) is 0.0210. The number of ether oxygens (including phenoxy) is 4. The van der Waals surface area contributed by atoms with Crippen molar-refractivity contribution in [3.05, 3.63) is 48.6 Å². The maximum absolute atomic E-state index is 12.8. The van der Waals surface area contributed by atoms with E-state index >= 15 is 0 Å². The number of esters is 1. The molecule has 1 aliphatic heterocycles. The lowest BCUT2D eigenvalue weighted by molar-refractivity contribution is -0.301. The van der Waals surface area contributed by atoms with Crippen LogP contribution in [0.15, 0.2) is 48.6 Å². The van der Waals surface area contributed by atoms with Gasteiger partial charge in [-0.25, -0.2) is 4.18 Å². The van der Waals surface area contributed by atoms with Crippen LogP contribution in [-0.2, 0) is 38.3 Å². The second-order valence-electron chi connectivity index (χ2n) is 14.2. The molecule has 0 saturated carbocycles. The monoisotopic (exact) mass is 802 g/mol. The van der Waals surface area contributed by atoms with Crippen molar-refractivity contribution in [1.29, 1.82) is 0 Å². The first-order valence-corrected chi connectivity index (χ1v) is 22.3. The first-order chi connectivity index (χ1) is 26.6. The minimum absolute atomic E-state index is 0.0162. The highest BCUT2D eigenvalue weighted by molar-refractivity contribution is 7.80. The summed E-state index contributed by atoms with van der Waals surface area (Å²) in [6, 6.07) is 0. The zero-order valence-electron chi connectivity index (χ0n) is 33.7. The number of rotatable bonds is 35. The fourth-order valence-electron chi connectivity index (χ4n) is 6.03. The van der Waals surface area contributed by atoms with Gasteiger partial charge < -0.3 is 34.3 Å². The highest BCUT2D eigenvalue weighted by atomic mass is 32.3. The Kier molecular flexibility index (Phi) is 31.7. The maximum atomic E-state index is 12.8. The molecular formula is C42H74O12S. The fourth-order valence-corrected chi connectivity index (χ4v) is 6.54. The van der Waals surface area contributed by atoms with E-state index in [2.05, 4.69) is 66.6 Å². The first-order valence-electron chi connectivity index (χ1n) is 20.9. The third-order valence-electron chi connectivity index (χ3n) is 9.18. The first kappa shape index (κ1) is 51.1. The molecule has 0 aromatic heterocycles. The Morgan fingerprint density at radius 2 is 1.25 bits per heavy atom. The maximum Gasteiger partial charge on any atom is 0.397 e. The van der Waals surface area contributed by atoms with E-state index in [1.807, 2.05) is 0 Å². The summed E-state index contributed by atoms with van der Waals surface area (Å²) in [4.78, 5) is 12.8. The molecule has 0 aromatic carbocycles. The van der Waals surface area contributed by atoms with Gasteiger partial charge in [-0.3, -0.25) is 9.35 Å². The minimum atomic E-state index is -5.06. The van der Waals surface area contributed by atoms with Gasteiger partial charge in [0.1, 0.15) is 30.5 Å². The molecule has 0 spiro atoms. The molecule has 0 amide bonds. The van der Waals surface area contributed by atoms with Crippen molar-refractivity contribution in [2.45, 2.75) is 185 Å². The van der Waals surface area contributed by atoms with Crippen molar-refractivity contribution in [2.75, 3.05) is 26.4 Å². The molecule has 0 aromatic rings. The lowest BCUT2D eigenvalue weighted by Gasteiger charge is -2.41. The average Bonchev–Trinajstić information content (AvgIpc) is 3.15. The summed E-state index contributed by atoms with van der Waals surface area (Å²) in [7, 11) is -5.06. The highest BCUT2D eigenvalue weighted by Gasteiger charge is 2.48. The number of aliphatic hydroxyl groups is 3. The van der Waals surface area contributed by atoms with Crippen molar-refractivity contribution in [2.24, 2.45) is 0 Å². The Bertz CT molecular complexity index is 1160. The predicted octanol–water partition coefficient (Wildman–Crippen LogP) is 8.02. The molecule has 6 atom stereocenters. The Morgan fingerprint density at radius 1 is 0.709 bits per heavy atom. The molecule has 12 nitrogen and oxygen atoms in total. The summed E-state index contributed by atoms with van der Waals surface area (Å²) >= 11 is 0. The number of aliphatic hydroxyl groups excluding tert-OH is 3. The molecule has 1 fully saturated rings. The summed E-state index contributed by atoms with van der Waals surface area (Å²) < 4.78 is 58.9. The molecule has 0 aliphatic carbocycles. The summed E-state index contributed by atoms with van der Waals surface area (Å²) in [6.45, 7) is 3.78. The average molecular weight is 803 g/mol. The molecular weight excluding hydrogens is 729 g/mol. The van der Waals surface area contributed by atoms with Crippen LogP contribution in [0.4, 0.5) is 0 Å². The van der Waals surface area contributed by atoms with Crippen LogP contribution in [-0.4, -0.2) is 97.5 Å². The molecule has 1 aliphatic rings. The summed E-state index contributed by atoms with van der Waals surface area (Å²) in [5, 5.41) is 30.6. The number of allylic oxidation sites excluding steroid dienone is 8. The molecule has 13 heteroatoms. The van der Waals surface area contributed by atoms with Gasteiger partial charge in [-0.05, 0) is 70.6 Å². The Hall–Kier alpha value is -1.94. The fraction of sp³-hybridized carbons (Fsp3) is 0.786. The molecule has 4 N–H and O–H groups in total. The van der Waals surface area contributed by atoms with Crippen molar-refractivity contribution >= 4 is 16.4 Å². The molecule has 0 bridgehead atoms. The number of hydrogen-bond donors (Lipinski definition) is 4. The van der Waals surface area contributed by atoms with Gasteiger partial charge in [-0.1, -0.05) is 120 Å². The van der Waals surface area contributed by atoms with Gasteiger partial charge >= 0.3 is 16.4 Å². The second kappa shape index (κ2) is 34.1. The van der Waals surface area contributed by atoms with E-state index in [-0.39, 0.29) is 19.6 Å². The topological polar surface area (TPSA) is 178 Å². The third-order valence-corrected chi connectivity index (χ3v) is 9.65. The van der Waals surface area contributed by atoms with Crippen LogP contribution in [0.3, 0.4) is 0 Å². The molecule has 320 valence electrons. The van der Waals surface area contributed by atoms with Gasteiger partial charge in [-0.15, -0.1) is 0 Å². The SMILES string of the molecule is CC/C=C\C/C=C\C/C=C\CCCCCCOCC(COC1OC(CO)C(O)C(OS(=O)(=O)O)C1O)OC(=O)CCCCCCC/C=C\CCCCCCC. The highest BCUT2D eigenvalue weighted by Crippen LogP contribution is 2.26. The van der Waals surface area contributed by atoms with Crippen molar-refractivity contribution in [3.8, 4) is 0 Å². The number of carbonyl (C=O) groups is 1. The van der Waals surface area contributed by atoms with E-state index in [0.717, 1.165) is 89.9 Å². The van der Waals surface area contributed by atoms with Gasteiger partial charge in [0.15, 0.2) is 6.29 Å². The molecule has 1 rings (SSSR count). The van der Waals surface area contributed by atoms with E-state index in [1.165, 1.54) is 32.1 Å². The van der Waals surface area contributed by atoms with Crippen molar-refractivity contribution in [3.63, 3.8) is 0 Å². The van der Waals surface area contributed by atoms with Crippen LogP contribution in [0.5, 0.6) is 0 Å². The van der Waals surface area contributed by atoms with Gasteiger partial charge in [0.05, 0.1) is 19.8 Å². The molecule has 1 saturated heterocycles. The van der Waals surface area contributed by atoms with Crippen molar-refractivity contribution in [1.82, 2.24) is 0 Å². The van der Waals surface area contributed by atoms with Gasteiger partial charge in [0.2, 0.25) is 0 Å². The van der Waals surface area contributed by atoms with Crippen LogP contribution in [0.25, 0.3) is 0 Å². The third kappa shape index (κ3) is 28.2. The van der Waals surface area contributed by atoms with Crippen LogP contribution in [0.1, 0.15) is 149 Å². The second-order valence-corrected chi connectivity index (χ2v) is 15.2. The normalized spacial score (nSPS) is 21.5. The van der Waals surface area contributed by atoms with Gasteiger partial charge in [0.25, 0.3) is 0 Å². The van der Waals surface area contributed by atoms with Gasteiger partial charge in [-0.2, -0.15) is 8.42 Å². The number of unbranched alkanes of at least 4 members (excludes halogenated alkanes) is 14. The zero-order chi connectivity index (χ0) is 40.4. The van der Waals surface area contributed by atoms with Crippen molar-refractivity contribution < 1.29 is 56.2 Å². The zero-order valence-corrected chi connectivity index (χ0v) is 34.5. The lowest BCUT2D eigenvalue weighted by atomic mass is 9.99. The van der Waals surface area contributed by atoms with E-state index in [1.54, 1.807) is 0 Å². The molecule has 55 heavy (non-hydrogen) atoms. The van der Waals surface area contributed by atoms with E-state index in [0.29, 0.717) is 13.0 Å². The molecule has 1 heterocycles. The summed E-state index contributed by atoms with van der Waals surface area (Å²) in [6.07, 6.45) is 30.1. The van der Waals surface area contributed by atoms with Crippen LogP contribution >= 0.6 is 0 Å². The minimum Gasteiger partial charge on any atom is -0.457 e. The van der Waals surface area contributed by atoms with E-state index < -0.39 is 59.8 Å². The Labute approximate surface area is 332 Å². The molecule has 6 unspecified atom stereocenters. The standard InChI is InChI=1S/C42H74O12S/c1-3-5-7-9-11-13-15-17-19-21-23-25-27-29-31-38(44)52-36(34-50-32-30-28-26-24-22-20-18-16-14-12-10-8-6-4-2)35-51-42-40(46)41(54-55(47,48)49)39(45)37(33-43)53-42/h6,8,12,14-15,17-18,20,36-37,39-43,45-46H,3-5,7,9-11,13,16,19,21-35H2,1-2H3,(H,47,48,49)/b8-6-,14-12-,17-15-,20-18-. The van der Waals surface area contributed by atoms with E-state index in [9.17, 15) is 28.5 Å². The summed E-state index contributed by atoms with van der Waals surface area (Å²) in [5.41, 5.74) is 0. The number of hydrogen-bond acceptors (Lipinski definition) is 11.